The zero-order chi connectivity index (χ0) is 6.27. The van der Waals surface area contributed by atoms with Crippen LogP contribution in [0.25, 0.3) is 0 Å². The summed E-state index contributed by atoms with van der Waals surface area (Å²) in [6, 6.07) is 0. The minimum Gasteiger partial charge on any atom is -0.396 e. The summed E-state index contributed by atoms with van der Waals surface area (Å²) in [5.74, 6) is 2.35. The number of nitrogens with one attached hydrogen (secondary N) is 1. The van der Waals surface area contributed by atoms with Crippen LogP contribution >= 0.6 is 0 Å². The van der Waals surface area contributed by atoms with Crippen LogP contribution in [0.2, 0.25) is 0 Å². The first kappa shape index (κ1) is 5.69. The highest BCUT2D eigenvalue weighted by molar-refractivity contribution is 4.95. The first-order valence-corrected chi connectivity index (χ1v) is 3.73. The Balaban J connectivity index is 1.93. The van der Waals surface area contributed by atoms with E-state index >= 15 is 0 Å². The normalized spacial score (nSPS) is 48.3. The van der Waals surface area contributed by atoms with E-state index in [-0.39, 0.29) is 0 Å². The Kier molecular flexibility index (Phi) is 1.24. The number of fused-ring (bicyclic) bond motifs is 1. The first-order chi connectivity index (χ1) is 4.42. The lowest BCUT2D eigenvalue weighted by molar-refractivity contribution is 0.0579. The molecule has 0 spiro atoms. The van der Waals surface area contributed by atoms with Gasteiger partial charge < -0.3 is 10.4 Å². The van der Waals surface area contributed by atoms with Gasteiger partial charge in [0.15, 0.2) is 0 Å². The third-order valence-electron chi connectivity index (χ3n) is 2.84. The van der Waals surface area contributed by atoms with Crippen LogP contribution in [0.5, 0.6) is 0 Å². The highest BCUT2D eigenvalue weighted by Gasteiger charge is 2.42. The summed E-state index contributed by atoms with van der Waals surface area (Å²) in [7, 11) is 0. The third kappa shape index (κ3) is 0.700. The van der Waals surface area contributed by atoms with Gasteiger partial charge in [-0.25, -0.2) is 0 Å². The van der Waals surface area contributed by atoms with Crippen LogP contribution in [0.3, 0.4) is 0 Å². The molecule has 0 amide bonds. The Labute approximate surface area is 55.3 Å². The molecule has 2 nitrogen and oxygen atoms in total. The molecule has 0 radical (unpaired) electrons. The fourth-order valence-electron chi connectivity index (χ4n) is 2.14. The van der Waals surface area contributed by atoms with Gasteiger partial charge >= 0.3 is 0 Å². The molecule has 2 aliphatic rings. The van der Waals surface area contributed by atoms with Crippen molar-refractivity contribution < 1.29 is 5.11 Å². The van der Waals surface area contributed by atoms with Gasteiger partial charge in [-0.1, -0.05) is 0 Å². The van der Waals surface area contributed by atoms with E-state index in [1.165, 1.54) is 13.0 Å². The predicted molar refractivity (Wildman–Crippen MR) is 35.0 cm³/mol. The molecule has 2 N–H and O–H groups in total. The van der Waals surface area contributed by atoms with E-state index in [4.69, 9.17) is 5.11 Å². The number of rotatable bonds is 1. The molecule has 9 heavy (non-hydrogen) atoms. The van der Waals surface area contributed by atoms with E-state index in [1.54, 1.807) is 0 Å². The first-order valence-electron chi connectivity index (χ1n) is 3.73. The second-order valence-electron chi connectivity index (χ2n) is 3.26. The fraction of sp³-hybridized carbons (Fsp3) is 1.00. The summed E-state index contributed by atoms with van der Waals surface area (Å²) in [6.07, 6.45) is 1.26. The van der Waals surface area contributed by atoms with Gasteiger partial charge in [0.05, 0.1) is 0 Å². The lowest BCUT2D eigenvalue weighted by Gasteiger charge is -2.38. The van der Waals surface area contributed by atoms with Crippen LogP contribution in [0.15, 0.2) is 0 Å². The van der Waals surface area contributed by atoms with Crippen molar-refractivity contribution in [1.29, 1.82) is 0 Å². The highest BCUT2D eigenvalue weighted by Crippen LogP contribution is 2.41. The maximum absolute atomic E-state index is 8.81. The van der Waals surface area contributed by atoms with Gasteiger partial charge in [0.25, 0.3) is 0 Å². The molecule has 0 aromatic carbocycles. The molecule has 3 atom stereocenters. The standard InChI is InChI=1S/C7H13NO/c9-4-6-1-5-2-8-3-7(5)6/h5-9H,1-4H2/t5-,6-,7+/m0/s1. The van der Waals surface area contributed by atoms with Crippen molar-refractivity contribution in [3.05, 3.63) is 0 Å². The maximum Gasteiger partial charge on any atom is 0.0462 e. The highest BCUT2D eigenvalue weighted by atomic mass is 16.3. The van der Waals surface area contributed by atoms with E-state index in [2.05, 4.69) is 5.32 Å². The third-order valence-corrected chi connectivity index (χ3v) is 2.84. The molecular formula is C7H13NO. The molecule has 1 saturated heterocycles. The van der Waals surface area contributed by atoms with Crippen LogP contribution in [0.4, 0.5) is 0 Å². The minimum atomic E-state index is 0.406. The zero-order valence-electron chi connectivity index (χ0n) is 5.51. The van der Waals surface area contributed by atoms with E-state index in [1.807, 2.05) is 0 Å². The summed E-state index contributed by atoms with van der Waals surface area (Å²) < 4.78 is 0. The van der Waals surface area contributed by atoms with Gasteiger partial charge in [0, 0.05) is 6.61 Å². The lowest BCUT2D eigenvalue weighted by Crippen LogP contribution is -2.37. The van der Waals surface area contributed by atoms with Crippen molar-refractivity contribution >= 4 is 0 Å². The molecule has 1 heterocycles. The predicted octanol–water partition coefficient (Wildman–Crippen LogP) is -0.166. The monoisotopic (exact) mass is 127 g/mol. The van der Waals surface area contributed by atoms with Gasteiger partial charge in [0.2, 0.25) is 0 Å². The molecule has 0 aromatic rings. The Morgan fingerprint density at radius 1 is 1.44 bits per heavy atom. The topological polar surface area (TPSA) is 32.3 Å². The minimum absolute atomic E-state index is 0.406. The number of hydrogen-bond donors (Lipinski definition) is 2. The number of aliphatic hydroxyl groups excluding tert-OH is 1. The smallest absolute Gasteiger partial charge is 0.0462 e. The van der Waals surface area contributed by atoms with Crippen molar-refractivity contribution in [2.75, 3.05) is 19.7 Å². The Bertz CT molecular complexity index is 115. The second kappa shape index (κ2) is 1.96. The van der Waals surface area contributed by atoms with E-state index < -0.39 is 0 Å². The van der Waals surface area contributed by atoms with Gasteiger partial charge in [-0.2, -0.15) is 0 Å². The molecular weight excluding hydrogens is 114 g/mol. The van der Waals surface area contributed by atoms with E-state index in [0.717, 1.165) is 18.4 Å². The molecule has 2 heteroatoms. The van der Waals surface area contributed by atoms with Gasteiger partial charge in [0.1, 0.15) is 0 Å². The van der Waals surface area contributed by atoms with Crippen LogP contribution in [-0.4, -0.2) is 24.8 Å². The SMILES string of the molecule is OC[C@@H]1C[C@H]2CNC[C@@H]12. The average Bonchev–Trinajstić information content (AvgIpc) is 2.14. The zero-order valence-corrected chi connectivity index (χ0v) is 5.51. The summed E-state index contributed by atoms with van der Waals surface area (Å²) in [5, 5.41) is 12.1. The van der Waals surface area contributed by atoms with Crippen LogP contribution < -0.4 is 5.32 Å². The van der Waals surface area contributed by atoms with Gasteiger partial charge in [-0.05, 0) is 37.3 Å². The van der Waals surface area contributed by atoms with E-state index in [0.29, 0.717) is 12.5 Å². The van der Waals surface area contributed by atoms with E-state index in [9.17, 15) is 0 Å². The average molecular weight is 127 g/mol. The largest absolute Gasteiger partial charge is 0.396 e. The molecule has 0 bridgehead atoms. The lowest BCUT2D eigenvalue weighted by atomic mass is 9.67. The Morgan fingerprint density at radius 3 is 3.00 bits per heavy atom. The molecule has 2 fully saturated rings. The summed E-state index contributed by atoms with van der Waals surface area (Å²) in [6.45, 7) is 2.75. The van der Waals surface area contributed by atoms with Gasteiger partial charge in [-0.3, -0.25) is 0 Å². The summed E-state index contributed by atoms with van der Waals surface area (Å²) in [5.41, 5.74) is 0. The van der Waals surface area contributed by atoms with Crippen LogP contribution in [0.1, 0.15) is 6.42 Å². The molecule has 1 aliphatic carbocycles. The fourth-order valence-corrected chi connectivity index (χ4v) is 2.14. The second-order valence-corrected chi connectivity index (χ2v) is 3.26. The van der Waals surface area contributed by atoms with Crippen LogP contribution in [-0.2, 0) is 0 Å². The molecule has 1 aliphatic heterocycles. The Morgan fingerprint density at radius 2 is 2.33 bits per heavy atom. The van der Waals surface area contributed by atoms with Crippen molar-refractivity contribution in [2.24, 2.45) is 17.8 Å². The Hall–Kier alpha value is -0.0800. The molecule has 2 rings (SSSR count). The quantitative estimate of drug-likeness (QED) is 0.513. The molecule has 52 valence electrons. The molecule has 1 saturated carbocycles. The van der Waals surface area contributed by atoms with Crippen molar-refractivity contribution in [3.63, 3.8) is 0 Å². The van der Waals surface area contributed by atoms with Crippen molar-refractivity contribution in [2.45, 2.75) is 6.42 Å². The van der Waals surface area contributed by atoms with Gasteiger partial charge in [-0.15, -0.1) is 0 Å². The maximum atomic E-state index is 8.81. The number of aliphatic hydroxyl groups is 1. The van der Waals surface area contributed by atoms with Crippen LogP contribution in [0, 0.1) is 17.8 Å². The number of hydrogen-bond acceptors (Lipinski definition) is 2. The molecule has 0 aromatic heterocycles. The summed E-state index contributed by atoms with van der Waals surface area (Å²) in [4.78, 5) is 0. The van der Waals surface area contributed by atoms with Crippen molar-refractivity contribution in [3.8, 4) is 0 Å². The van der Waals surface area contributed by atoms with Crippen molar-refractivity contribution in [1.82, 2.24) is 5.32 Å². The molecule has 0 unspecified atom stereocenters. The summed E-state index contributed by atoms with van der Waals surface area (Å²) >= 11 is 0.